The van der Waals surface area contributed by atoms with Gasteiger partial charge in [-0.2, -0.15) is 0 Å². The van der Waals surface area contributed by atoms with Gasteiger partial charge in [0.15, 0.2) is 6.04 Å². The van der Waals surface area contributed by atoms with Gasteiger partial charge in [-0.1, -0.05) is 56.2 Å². The van der Waals surface area contributed by atoms with Crippen molar-refractivity contribution in [3.8, 4) is 0 Å². The van der Waals surface area contributed by atoms with Crippen LogP contribution in [0.1, 0.15) is 64.4 Å². The maximum absolute atomic E-state index is 12.2. The summed E-state index contributed by atoms with van der Waals surface area (Å²) in [6.07, 6.45) is 11.9. The van der Waals surface area contributed by atoms with Gasteiger partial charge in [0.2, 0.25) is 0 Å². The largest absolute Gasteiger partial charge is 0.467 e. The van der Waals surface area contributed by atoms with Crippen molar-refractivity contribution in [2.75, 3.05) is 7.11 Å². The molecule has 2 rings (SSSR count). The molecule has 1 aliphatic carbocycles. The van der Waals surface area contributed by atoms with Crippen molar-refractivity contribution in [1.82, 2.24) is 0 Å². The maximum atomic E-state index is 12.2. The topological polar surface area (TPSA) is 85.2 Å². The van der Waals surface area contributed by atoms with Gasteiger partial charge in [0.1, 0.15) is 6.10 Å². The highest BCUT2D eigenvalue weighted by atomic mass is 16.5. The number of aliphatic hydroxyl groups is 1. The molecule has 0 saturated heterocycles. The molecular formula is C27H39NO5. The fourth-order valence-corrected chi connectivity index (χ4v) is 4.40. The lowest BCUT2D eigenvalue weighted by atomic mass is 9.91. The summed E-state index contributed by atoms with van der Waals surface area (Å²) in [5, 5.41) is 10.5. The van der Waals surface area contributed by atoms with Crippen LogP contribution in [0.2, 0.25) is 0 Å². The second kappa shape index (κ2) is 14.6. The molecule has 1 aromatic carbocycles. The van der Waals surface area contributed by atoms with E-state index in [9.17, 15) is 14.7 Å². The number of hydrogen-bond donors (Lipinski definition) is 1. The highest BCUT2D eigenvalue weighted by Crippen LogP contribution is 2.35. The van der Waals surface area contributed by atoms with Gasteiger partial charge in [-0.25, -0.2) is 4.79 Å². The lowest BCUT2D eigenvalue weighted by molar-refractivity contribution is -0.144. The van der Waals surface area contributed by atoms with E-state index in [1.54, 1.807) is 6.21 Å². The first kappa shape index (κ1) is 26.8. The molecule has 1 unspecified atom stereocenters. The van der Waals surface area contributed by atoms with Crippen molar-refractivity contribution < 1.29 is 24.2 Å². The van der Waals surface area contributed by atoms with Gasteiger partial charge in [-0.3, -0.25) is 9.79 Å². The minimum Gasteiger partial charge on any atom is -0.467 e. The van der Waals surface area contributed by atoms with Crippen LogP contribution in [0.3, 0.4) is 0 Å². The fourth-order valence-electron chi connectivity index (χ4n) is 4.40. The quantitative estimate of drug-likeness (QED) is 0.201. The van der Waals surface area contributed by atoms with Crippen LogP contribution in [0, 0.1) is 11.8 Å². The molecule has 182 valence electrons. The summed E-state index contributed by atoms with van der Waals surface area (Å²) in [6.45, 7) is 3.58. The third kappa shape index (κ3) is 9.50. The molecule has 0 aromatic heterocycles. The van der Waals surface area contributed by atoms with E-state index in [1.165, 1.54) is 14.0 Å². The third-order valence-electron chi connectivity index (χ3n) is 6.23. The molecule has 1 N–H and O–H groups in total. The van der Waals surface area contributed by atoms with Crippen LogP contribution in [-0.2, 0) is 25.5 Å². The first-order valence-corrected chi connectivity index (χ1v) is 12.1. The first-order valence-electron chi connectivity index (χ1n) is 12.1. The summed E-state index contributed by atoms with van der Waals surface area (Å²) in [5.74, 6) is -0.437. The van der Waals surface area contributed by atoms with Crippen LogP contribution in [0.4, 0.5) is 0 Å². The SMILES string of the molecule is CCCCC[C@@H](/C=C/[C@H]1CCC(O)[C@@H]1CC=N[C@@H](Cc1ccccc1)C(=O)OC)OC(C)=O. The Hall–Kier alpha value is -2.47. The van der Waals surface area contributed by atoms with Crippen molar-refractivity contribution >= 4 is 18.2 Å². The number of carbonyl (C=O) groups excluding carboxylic acids is 2. The van der Waals surface area contributed by atoms with Crippen LogP contribution in [-0.4, -0.2) is 48.6 Å². The number of benzene rings is 1. The molecule has 1 saturated carbocycles. The lowest BCUT2D eigenvalue weighted by Crippen LogP contribution is -2.24. The Kier molecular flexibility index (Phi) is 11.9. The van der Waals surface area contributed by atoms with Gasteiger partial charge < -0.3 is 14.6 Å². The third-order valence-corrected chi connectivity index (χ3v) is 6.23. The van der Waals surface area contributed by atoms with E-state index >= 15 is 0 Å². The molecule has 0 spiro atoms. The Balaban J connectivity index is 2.01. The lowest BCUT2D eigenvalue weighted by Gasteiger charge is -2.19. The Morgan fingerprint density at radius 3 is 2.64 bits per heavy atom. The number of nitrogens with zero attached hydrogens (tertiary/aromatic N) is 1. The van der Waals surface area contributed by atoms with Crippen LogP contribution in [0.25, 0.3) is 0 Å². The summed E-state index contributed by atoms with van der Waals surface area (Å²) in [4.78, 5) is 28.2. The van der Waals surface area contributed by atoms with Gasteiger partial charge in [-0.15, -0.1) is 0 Å². The molecule has 0 radical (unpaired) electrons. The smallest absolute Gasteiger partial charge is 0.330 e. The second-order valence-corrected chi connectivity index (χ2v) is 8.80. The number of rotatable bonds is 13. The zero-order chi connectivity index (χ0) is 24.1. The molecule has 0 heterocycles. The number of hydrogen-bond acceptors (Lipinski definition) is 6. The molecule has 0 bridgehead atoms. The van der Waals surface area contributed by atoms with E-state index in [4.69, 9.17) is 9.47 Å². The number of ether oxygens (including phenoxy) is 2. The molecule has 0 amide bonds. The minimum absolute atomic E-state index is 0.0219. The van der Waals surface area contributed by atoms with Gasteiger partial charge >= 0.3 is 11.9 Å². The summed E-state index contributed by atoms with van der Waals surface area (Å²) in [5.41, 5.74) is 1.02. The summed E-state index contributed by atoms with van der Waals surface area (Å²) in [7, 11) is 1.37. The van der Waals surface area contributed by atoms with Gasteiger partial charge in [-0.05, 0) is 55.6 Å². The van der Waals surface area contributed by atoms with E-state index in [-0.39, 0.29) is 29.9 Å². The number of unbranched alkanes of at least 4 members (excludes halogenated alkanes) is 2. The maximum Gasteiger partial charge on any atom is 0.330 e. The number of aliphatic hydroxyl groups excluding tert-OH is 1. The second-order valence-electron chi connectivity index (χ2n) is 8.80. The molecule has 5 atom stereocenters. The average molecular weight is 458 g/mol. The summed E-state index contributed by atoms with van der Waals surface area (Å²) in [6, 6.07) is 9.14. The van der Waals surface area contributed by atoms with E-state index in [0.717, 1.165) is 44.1 Å². The first-order chi connectivity index (χ1) is 15.9. The highest BCUT2D eigenvalue weighted by Gasteiger charge is 2.33. The Morgan fingerprint density at radius 2 is 1.97 bits per heavy atom. The van der Waals surface area contributed by atoms with E-state index in [2.05, 4.69) is 18.0 Å². The molecule has 6 nitrogen and oxygen atoms in total. The highest BCUT2D eigenvalue weighted by molar-refractivity contribution is 5.78. The fraction of sp³-hybridized carbons (Fsp3) is 0.593. The van der Waals surface area contributed by atoms with Crippen molar-refractivity contribution in [1.29, 1.82) is 0 Å². The minimum atomic E-state index is -0.600. The molecule has 1 aliphatic rings. The number of aliphatic imine (C=N–C) groups is 1. The van der Waals surface area contributed by atoms with Crippen LogP contribution in [0.5, 0.6) is 0 Å². The summed E-state index contributed by atoms with van der Waals surface area (Å²) < 4.78 is 10.4. The van der Waals surface area contributed by atoms with Crippen molar-refractivity contribution in [2.45, 2.75) is 83.5 Å². The monoisotopic (exact) mass is 457 g/mol. The molecule has 1 aromatic rings. The van der Waals surface area contributed by atoms with Crippen LogP contribution >= 0.6 is 0 Å². The number of carbonyl (C=O) groups is 2. The molecule has 6 heteroatoms. The average Bonchev–Trinajstić information content (AvgIpc) is 3.16. The predicted molar refractivity (Wildman–Crippen MR) is 130 cm³/mol. The van der Waals surface area contributed by atoms with Gasteiger partial charge in [0.05, 0.1) is 13.2 Å². The van der Waals surface area contributed by atoms with Crippen LogP contribution in [0.15, 0.2) is 47.5 Å². The zero-order valence-electron chi connectivity index (χ0n) is 20.2. The van der Waals surface area contributed by atoms with E-state index in [0.29, 0.717) is 12.8 Å². The van der Waals surface area contributed by atoms with Crippen molar-refractivity contribution in [2.24, 2.45) is 16.8 Å². The number of methoxy groups -OCH3 is 1. The molecule has 1 fully saturated rings. The van der Waals surface area contributed by atoms with Crippen molar-refractivity contribution in [3.63, 3.8) is 0 Å². The number of allylic oxidation sites excluding steroid dienone is 1. The van der Waals surface area contributed by atoms with Gasteiger partial charge in [0.25, 0.3) is 0 Å². The van der Waals surface area contributed by atoms with E-state index < -0.39 is 12.1 Å². The zero-order valence-corrected chi connectivity index (χ0v) is 20.2. The van der Waals surface area contributed by atoms with Gasteiger partial charge in [0, 0.05) is 19.6 Å². The van der Waals surface area contributed by atoms with Crippen LogP contribution < -0.4 is 0 Å². The Morgan fingerprint density at radius 1 is 1.21 bits per heavy atom. The van der Waals surface area contributed by atoms with Crippen molar-refractivity contribution in [3.05, 3.63) is 48.0 Å². The molecule has 0 aliphatic heterocycles. The normalized spacial score (nSPS) is 22.5. The molecular weight excluding hydrogens is 418 g/mol. The number of esters is 2. The molecule has 33 heavy (non-hydrogen) atoms. The predicted octanol–water partition coefficient (Wildman–Crippen LogP) is 4.69. The Labute approximate surface area is 198 Å². The standard InChI is InChI=1S/C27H39NO5/c1-4-5-7-12-23(33-20(2)29)15-13-22-14-16-26(30)24(22)17-18-28-25(27(31)32-3)19-21-10-8-6-9-11-21/h6,8-11,13,15,18,22-26,30H,4-5,7,12,14,16-17,19H2,1-3H3/b15-13+,28-18?/t22-,23-,24+,25-,26?/m0/s1. The Bertz CT molecular complexity index is 776. The summed E-state index contributed by atoms with van der Waals surface area (Å²) >= 11 is 0. The van der Waals surface area contributed by atoms with E-state index in [1.807, 2.05) is 36.4 Å².